The summed E-state index contributed by atoms with van der Waals surface area (Å²) in [6.07, 6.45) is 15.0. The van der Waals surface area contributed by atoms with E-state index in [-0.39, 0.29) is 0 Å². The molecule has 0 N–H and O–H groups in total. The van der Waals surface area contributed by atoms with Crippen molar-refractivity contribution >= 4 is 0 Å². The van der Waals surface area contributed by atoms with Crippen molar-refractivity contribution in [3.63, 3.8) is 0 Å². The van der Waals surface area contributed by atoms with Crippen molar-refractivity contribution in [1.29, 1.82) is 0 Å². The molecule has 0 bridgehead atoms. The van der Waals surface area contributed by atoms with Gasteiger partial charge in [0.25, 0.3) is 0 Å². The molecule has 0 spiro atoms. The molecule has 27 heavy (non-hydrogen) atoms. The maximum Gasteiger partial charge on any atom is -0.0240 e. The second-order valence-corrected chi connectivity index (χ2v) is 12.8. The quantitative estimate of drug-likeness (QED) is 0.467. The van der Waals surface area contributed by atoms with Crippen LogP contribution in [-0.4, -0.2) is 0 Å². The Labute approximate surface area is 170 Å². The fraction of sp³-hybridized carbons (Fsp3) is 1.00. The van der Waals surface area contributed by atoms with E-state index in [4.69, 9.17) is 0 Å². The lowest BCUT2D eigenvalue weighted by molar-refractivity contribution is -0.182. The highest BCUT2D eigenvalue weighted by molar-refractivity contribution is 5.13. The van der Waals surface area contributed by atoms with Crippen molar-refractivity contribution in [3.8, 4) is 0 Å². The van der Waals surface area contributed by atoms with E-state index in [0.29, 0.717) is 16.2 Å². The normalized spacial score (nSPS) is 56.1. The van der Waals surface area contributed by atoms with Crippen LogP contribution >= 0.6 is 0 Å². The highest BCUT2D eigenvalue weighted by Crippen LogP contribution is 2.72. The van der Waals surface area contributed by atoms with Gasteiger partial charge in [-0.3, -0.25) is 0 Å². The van der Waals surface area contributed by atoms with Gasteiger partial charge in [0.2, 0.25) is 0 Å². The molecule has 4 aliphatic carbocycles. The Balaban J connectivity index is 1.64. The standard InChI is InChI=1S/C27H48/c1-8-9-19(3)21-10-11-22-24-20(4)17-25(5)16-18(2)12-15-27(25,7)23(24)13-14-26(21,22)6/h18-24H,8-17H2,1-7H3. The van der Waals surface area contributed by atoms with E-state index in [2.05, 4.69) is 48.5 Å². The zero-order chi connectivity index (χ0) is 19.6. The minimum atomic E-state index is 0.604. The van der Waals surface area contributed by atoms with Gasteiger partial charge >= 0.3 is 0 Å². The van der Waals surface area contributed by atoms with Crippen molar-refractivity contribution < 1.29 is 0 Å². The van der Waals surface area contributed by atoms with Crippen molar-refractivity contribution in [3.05, 3.63) is 0 Å². The minimum absolute atomic E-state index is 0.604. The van der Waals surface area contributed by atoms with Crippen molar-refractivity contribution in [2.45, 2.75) is 113 Å². The van der Waals surface area contributed by atoms with Gasteiger partial charge < -0.3 is 0 Å². The topological polar surface area (TPSA) is 0 Å². The summed E-state index contributed by atoms with van der Waals surface area (Å²) in [7, 11) is 0. The fourth-order valence-electron chi connectivity index (χ4n) is 10.1. The van der Waals surface area contributed by atoms with E-state index in [1.807, 2.05) is 0 Å². The van der Waals surface area contributed by atoms with E-state index < -0.39 is 0 Å². The molecule has 4 fully saturated rings. The van der Waals surface area contributed by atoms with Crippen LogP contribution in [0.2, 0.25) is 0 Å². The fourth-order valence-corrected chi connectivity index (χ4v) is 10.1. The third-order valence-electron chi connectivity index (χ3n) is 11.4. The van der Waals surface area contributed by atoms with Crippen LogP contribution < -0.4 is 0 Å². The summed E-state index contributed by atoms with van der Waals surface area (Å²) in [6, 6.07) is 0. The van der Waals surface area contributed by atoms with Crippen molar-refractivity contribution in [2.75, 3.05) is 0 Å². The van der Waals surface area contributed by atoms with Gasteiger partial charge in [-0.15, -0.1) is 0 Å². The van der Waals surface area contributed by atoms with Crippen LogP contribution in [0.1, 0.15) is 113 Å². The third-order valence-corrected chi connectivity index (χ3v) is 11.4. The predicted octanol–water partition coefficient (Wildman–Crippen LogP) is 8.35. The predicted molar refractivity (Wildman–Crippen MR) is 118 cm³/mol. The maximum atomic E-state index is 2.75. The first-order valence-corrected chi connectivity index (χ1v) is 12.7. The molecule has 4 rings (SSSR count). The van der Waals surface area contributed by atoms with Gasteiger partial charge in [0.15, 0.2) is 0 Å². The smallest absolute Gasteiger partial charge is 0.0240 e. The molecule has 0 saturated heterocycles. The van der Waals surface area contributed by atoms with Crippen molar-refractivity contribution in [2.24, 2.45) is 57.7 Å². The Morgan fingerprint density at radius 3 is 2.33 bits per heavy atom. The molecular formula is C27H48. The van der Waals surface area contributed by atoms with Crippen LogP contribution in [-0.2, 0) is 0 Å². The van der Waals surface area contributed by atoms with Crippen LogP contribution in [0.4, 0.5) is 0 Å². The average Bonchev–Trinajstić information content (AvgIpc) is 2.94. The molecule has 4 saturated carbocycles. The van der Waals surface area contributed by atoms with Crippen LogP contribution in [0, 0.1) is 57.7 Å². The molecule has 0 heteroatoms. The highest BCUT2D eigenvalue weighted by atomic mass is 14.7. The molecular weight excluding hydrogens is 324 g/mol. The molecule has 0 aliphatic heterocycles. The maximum absolute atomic E-state index is 2.75. The molecule has 0 nitrogen and oxygen atoms in total. The molecule has 10 unspecified atom stereocenters. The molecule has 0 aromatic carbocycles. The molecule has 156 valence electrons. The number of hydrogen-bond donors (Lipinski definition) is 0. The van der Waals surface area contributed by atoms with E-state index in [1.54, 1.807) is 6.42 Å². The van der Waals surface area contributed by atoms with E-state index in [1.165, 1.54) is 57.8 Å². The van der Waals surface area contributed by atoms with E-state index in [9.17, 15) is 0 Å². The highest BCUT2D eigenvalue weighted by Gasteiger charge is 2.64. The van der Waals surface area contributed by atoms with Gasteiger partial charge in [-0.1, -0.05) is 67.7 Å². The largest absolute Gasteiger partial charge is 0.0654 e. The van der Waals surface area contributed by atoms with Gasteiger partial charge in [0.1, 0.15) is 0 Å². The Bertz CT molecular complexity index is 550. The van der Waals surface area contributed by atoms with Gasteiger partial charge in [0, 0.05) is 0 Å². The Morgan fingerprint density at radius 2 is 1.63 bits per heavy atom. The van der Waals surface area contributed by atoms with Gasteiger partial charge in [-0.25, -0.2) is 0 Å². The van der Waals surface area contributed by atoms with Crippen LogP contribution in [0.25, 0.3) is 0 Å². The SMILES string of the molecule is CCCC(C)C1CCC2C3C(C)CC4(C)CC(C)CCC4(C)C3CCC12C. The summed E-state index contributed by atoms with van der Waals surface area (Å²) in [6.45, 7) is 18.3. The lowest BCUT2D eigenvalue weighted by atomic mass is 9.38. The summed E-state index contributed by atoms with van der Waals surface area (Å²) < 4.78 is 0. The molecule has 10 atom stereocenters. The Kier molecular flexibility index (Phi) is 5.08. The van der Waals surface area contributed by atoms with Crippen LogP contribution in [0.15, 0.2) is 0 Å². The molecule has 4 aliphatic rings. The molecule has 0 aromatic rings. The Morgan fingerprint density at radius 1 is 0.889 bits per heavy atom. The summed E-state index contributed by atoms with van der Waals surface area (Å²) >= 11 is 0. The zero-order valence-corrected chi connectivity index (χ0v) is 19.6. The zero-order valence-electron chi connectivity index (χ0n) is 19.6. The molecule has 0 aromatic heterocycles. The minimum Gasteiger partial charge on any atom is -0.0654 e. The third kappa shape index (κ3) is 2.81. The second-order valence-electron chi connectivity index (χ2n) is 12.8. The number of fused-ring (bicyclic) bond motifs is 5. The molecule has 0 heterocycles. The lowest BCUT2D eigenvalue weighted by Crippen LogP contribution is -2.60. The lowest BCUT2D eigenvalue weighted by Gasteiger charge is -2.67. The summed E-state index contributed by atoms with van der Waals surface area (Å²) in [5, 5.41) is 0. The summed E-state index contributed by atoms with van der Waals surface area (Å²) in [4.78, 5) is 0. The molecule has 0 radical (unpaired) electrons. The Hall–Kier alpha value is 0. The number of rotatable bonds is 3. The van der Waals surface area contributed by atoms with Gasteiger partial charge in [0.05, 0.1) is 0 Å². The van der Waals surface area contributed by atoms with Gasteiger partial charge in [-0.2, -0.15) is 0 Å². The van der Waals surface area contributed by atoms with Gasteiger partial charge in [-0.05, 0) is 103 Å². The molecule has 0 amide bonds. The summed E-state index contributed by atoms with van der Waals surface area (Å²) in [5.41, 5.74) is 1.87. The number of hydrogen-bond acceptors (Lipinski definition) is 0. The monoisotopic (exact) mass is 372 g/mol. The second kappa shape index (κ2) is 6.77. The first kappa shape index (κ1) is 20.3. The average molecular weight is 373 g/mol. The van der Waals surface area contributed by atoms with E-state index in [0.717, 1.165) is 41.4 Å². The van der Waals surface area contributed by atoms with Crippen molar-refractivity contribution in [1.82, 2.24) is 0 Å². The first-order chi connectivity index (χ1) is 12.7. The summed E-state index contributed by atoms with van der Waals surface area (Å²) in [5.74, 6) is 6.90. The van der Waals surface area contributed by atoms with E-state index >= 15 is 0 Å². The van der Waals surface area contributed by atoms with Crippen LogP contribution in [0.5, 0.6) is 0 Å². The van der Waals surface area contributed by atoms with Crippen LogP contribution in [0.3, 0.4) is 0 Å². The first-order valence-electron chi connectivity index (χ1n) is 12.7.